The van der Waals surface area contributed by atoms with Gasteiger partial charge in [-0.25, -0.2) is 0 Å². The summed E-state index contributed by atoms with van der Waals surface area (Å²) in [5.41, 5.74) is 1.11. The van der Waals surface area contributed by atoms with Gasteiger partial charge in [0, 0.05) is 18.7 Å². The summed E-state index contributed by atoms with van der Waals surface area (Å²) in [7, 11) is 0. The fourth-order valence-corrected chi connectivity index (χ4v) is 7.63. The number of carbonyl (C=O) groups excluding carboxylic acids is 2. The molecule has 0 aliphatic heterocycles. The molecule has 0 radical (unpaired) electrons. The Morgan fingerprint density at radius 1 is 0.400 bits per heavy atom. The summed E-state index contributed by atoms with van der Waals surface area (Å²) >= 11 is 0. The molecule has 0 unspecified atom stereocenters. The van der Waals surface area contributed by atoms with Crippen molar-refractivity contribution in [1.29, 1.82) is 0 Å². The normalized spacial score (nSPS) is 11.3. The van der Waals surface area contributed by atoms with E-state index in [0.717, 1.165) is 38.5 Å². The molecule has 0 fully saturated rings. The van der Waals surface area contributed by atoms with Crippen molar-refractivity contribution in [2.24, 2.45) is 0 Å². The second-order valence-electron chi connectivity index (χ2n) is 16.7. The minimum atomic E-state index is -0.101. The van der Waals surface area contributed by atoms with Crippen molar-refractivity contribution in [3.8, 4) is 5.75 Å². The minimum absolute atomic E-state index is 0.0818. The molecule has 0 aliphatic carbocycles. The van der Waals surface area contributed by atoms with Crippen molar-refractivity contribution >= 4 is 11.8 Å². The predicted octanol–water partition coefficient (Wildman–Crippen LogP) is 15.6. The average Bonchev–Trinajstić information content (AvgIpc) is 3.20. The van der Waals surface area contributed by atoms with E-state index in [4.69, 9.17) is 4.74 Å². The molecule has 2 N–H and O–H groups in total. The van der Waals surface area contributed by atoms with E-state index < -0.39 is 0 Å². The molecule has 5 nitrogen and oxygen atoms in total. The van der Waals surface area contributed by atoms with Gasteiger partial charge in [0.1, 0.15) is 5.75 Å². The van der Waals surface area contributed by atoms with Gasteiger partial charge in [-0.15, -0.1) is 0 Å². The Bertz CT molecular complexity index is 995. The Balaban J connectivity index is 2.42. The first-order valence-corrected chi connectivity index (χ1v) is 24.5. The first-order chi connectivity index (χ1) is 27.1. The molecule has 0 aromatic heterocycles. The molecule has 320 valence electrons. The van der Waals surface area contributed by atoms with E-state index in [1.807, 2.05) is 0 Å². The second-order valence-corrected chi connectivity index (χ2v) is 16.7. The van der Waals surface area contributed by atoms with Crippen LogP contribution < -0.4 is 15.4 Å². The first-order valence-electron chi connectivity index (χ1n) is 24.5. The summed E-state index contributed by atoms with van der Waals surface area (Å²) in [6.07, 6.45) is 46.9. The van der Waals surface area contributed by atoms with Crippen LogP contribution in [0.4, 0.5) is 0 Å². The number of nitrogens with one attached hydrogen (secondary N) is 2. The van der Waals surface area contributed by atoms with Gasteiger partial charge in [0.05, 0.1) is 12.2 Å². The molecule has 0 heterocycles. The molecule has 1 aromatic rings. The van der Waals surface area contributed by atoms with Crippen molar-refractivity contribution < 1.29 is 14.3 Å². The van der Waals surface area contributed by atoms with Crippen LogP contribution in [0.15, 0.2) is 18.2 Å². The fourth-order valence-electron chi connectivity index (χ4n) is 7.63. The summed E-state index contributed by atoms with van der Waals surface area (Å²) in [5.74, 6) is 0.352. The van der Waals surface area contributed by atoms with Gasteiger partial charge in [-0.1, -0.05) is 233 Å². The molecule has 0 atom stereocenters. The molecule has 1 rings (SSSR count). The van der Waals surface area contributed by atoms with Crippen molar-refractivity contribution in [2.75, 3.05) is 19.7 Å². The summed E-state index contributed by atoms with van der Waals surface area (Å²) < 4.78 is 6.23. The van der Waals surface area contributed by atoms with E-state index in [9.17, 15) is 9.59 Å². The zero-order valence-electron chi connectivity index (χ0n) is 37.0. The number of hydrogen-bond donors (Lipinski definition) is 2. The van der Waals surface area contributed by atoms with Gasteiger partial charge in [0.2, 0.25) is 0 Å². The largest absolute Gasteiger partial charge is 0.493 e. The zero-order chi connectivity index (χ0) is 39.7. The molecule has 0 saturated heterocycles. The van der Waals surface area contributed by atoms with E-state index in [1.165, 1.54) is 193 Å². The van der Waals surface area contributed by atoms with Crippen LogP contribution in [0.5, 0.6) is 5.75 Å². The van der Waals surface area contributed by atoms with E-state index in [-0.39, 0.29) is 11.8 Å². The second kappa shape index (κ2) is 40.2. The number of rotatable bonds is 42. The highest BCUT2D eigenvalue weighted by molar-refractivity contribution is 6.00. The lowest BCUT2D eigenvalue weighted by Crippen LogP contribution is -2.26. The Kier molecular flexibility index (Phi) is 37.2. The Morgan fingerprint density at radius 3 is 1.07 bits per heavy atom. The van der Waals surface area contributed by atoms with Gasteiger partial charge in [-0.3, -0.25) is 9.59 Å². The first kappa shape index (κ1) is 51.0. The Hall–Kier alpha value is -2.04. The van der Waals surface area contributed by atoms with Gasteiger partial charge in [-0.05, 0) is 37.5 Å². The van der Waals surface area contributed by atoms with Crippen LogP contribution in [0, 0.1) is 0 Å². The summed E-state index contributed by atoms with van der Waals surface area (Å²) in [6, 6.07) is 5.36. The van der Waals surface area contributed by atoms with E-state index in [1.54, 1.807) is 18.2 Å². The molecule has 5 heteroatoms. The van der Waals surface area contributed by atoms with Crippen LogP contribution in [0.25, 0.3) is 0 Å². The molecule has 0 bridgehead atoms. The number of benzene rings is 1. The van der Waals surface area contributed by atoms with Crippen LogP contribution in [0.3, 0.4) is 0 Å². The molecular weight excluding hydrogens is 677 g/mol. The lowest BCUT2D eigenvalue weighted by Gasteiger charge is -2.14. The van der Waals surface area contributed by atoms with Gasteiger partial charge < -0.3 is 15.4 Å². The predicted molar refractivity (Wildman–Crippen MR) is 240 cm³/mol. The molecule has 0 spiro atoms. The summed E-state index contributed by atoms with van der Waals surface area (Å²) in [4.78, 5) is 26.4. The quantitative estimate of drug-likeness (QED) is 0.0651. The lowest BCUT2D eigenvalue weighted by atomic mass is 10.0. The number of unbranched alkanes of at least 4 members (excludes halogenated alkanes) is 33. The maximum Gasteiger partial charge on any atom is 0.255 e. The topological polar surface area (TPSA) is 67.4 Å². The maximum atomic E-state index is 13.3. The number of hydrogen-bond acceptors (Lipinski definition) is 3. The summed E-state index contributed by atoms with van der Waals surface area (Å²) in [6.45, 7) is 8.76. The van der Waals surface area contributed by atoms with Gasteiger partial charge in [0.15, 0.2) is 0 Å². The van der Waals surface area contributed by atoms with Gasteiger partial charge >= 0.3 is 0 Å². The van der Waals surface area contributed by atoms with Crippen molar-refractivity contribution in [3.63, 3.8) is 0 Å². The molecule has 1 aromatic carbocycles. The molecule has 0 aliphatic rings. The maximum absolute atomic E-state index is 13.3. The number of ether oxygens (including phenoxy) is 1. The average molecular weight is 769 g/mol. The van der Waals surface area contributed by atoms with Crippen molar-refractivity contribution in [3.05, 3.63) is 29.3 Å². The number of amides is 2. The van der Waals surface area contributed by atoms with E-state index >= 15 is 0 Å². The molecule has 55 heavy (non-hydrogen) atoms. The molecule has 2 amide bonds. The zero-order valence-corrected chi connectivity index (χ0v) is 37.0. The van der Waals surface area contributed by atoms with Gasteiger partial charge in [0.25, 0.3) is 11.8 Å². The number of carbonyl (C=O) groups is 2. The standard InChI is InChI=1S/C50H92N2O3/c1-4-7-10-13-16-19-22-24-26-28-31-34-37-42-51-49(53)46-40-41-47(48(45-46)55-44-39-36-33-30-21-18-15-12-9-6-3)50(54)52-43-38-35-32-29-27-25-23-20-17-14-11-8-5-2/h40-41,45H,4-39,42-44H2,1-3H3,(H,51,53)(H,52,54). The van der Waals surface area contributed by atoms with Gasteiger partial charge in [-0.2, -0.15) is 0 Å². The Labute approximate surface area is 342 Å². The SMILES string of the molecule is CCCCCCCCCCCCCCCNC(=O)c1ccc(C(=O)NCCCCCCCCCCCCCCC)c(OCCCCCCCCCCCC)c1. The molecule has 0 saturated carbocycles. The summed E-state index contributed by atoms with van der Waals surface area (Å²) in [5, 5.41) is 6.25. The monoisotopic (exact) mass is 769 g/mol. The Morgan fingerprint density at radius 2 is 0.709 bits per heavy atom. The highest BCUT2D eigenvalue weighted by Crippen LogP contribution is 2.22. The molecular formula is C50H92N2O3. The van der Waals surface area contributed by atoms with Crippen molar-refractivity contribution in [1.82, 2.24) is 10.6 Å². The van der Waals surface area contributed by atoms with Crippen LogP contribution in [0.1, 0.15) is 273 Å². The smallest absolute Gasteiger partial charge is 0.255 e. The third-order valence-corrected chi connectivity index (χ3v) is 11.4. The lowest BCUT2D eigenvalue weighted by molar-refractivity contribution is 0.0937. The highest BCUT2D eigenvalue weighted by atomic mass is 16.5. The van der Waals surface area contributed by atoms with E-state index in [2.05, 4.69) is 31.4 Å². The van der Waals surface area contributed by atoms with Crippen molar-refractivity contribution in [2.45, 2.75) is 252 Å². The van der Waals surface area contributed by atoms with E-state index in [0.29, 0.717) is 36.6 Å². The van der Waals surface area contributed by atoms with Crippen LogP contribution in [-0.2, 0) is 0 Å². The fraction of sp³-hybridized carbons (Fsp3) is 0.840. The highest BCUT2D eigenvalue weighted by Gasteiger charge is 2.16. The van der Waals surface area contributed by atoms with Crippen LogP contribution in [0.2, 0.25) is 0 Å². The minimum Gasteiger partial charge on any atom is -0.493 e. The van der Waals surface area contributed by atoms with Crippen LogP contribution in [-0.4, -0.2) is 31.5 Å². The van der Waals surface area contributed by atoms with Crippen LogP contribution >= 0.6 is 0 Å². The third-order valence-electron chi connectivity index (χ3n) is 11.4. The third kappa shape index (κ3) is 31.7.